The third kappa shape index (κ3) is 2.95. The lowest BCUT2D eigenvalue weighted by molar-refractivity contribution is 0.466. The summed E-state index contributed by atoms with van der Waals surface area (Å²) in [4.78, 5) is 0.148. The van der Waals surface area contributed by atoms with Gasteiger partial charge in [-0.15, -0.1) is 0 Å². The number of hydrogen-bond donors (Lipinski definition) is 1. The van der Waals surface area contributed by atoms with E-state index in [1.807, 2.05) is 0 Å². The summed E-state index contributed by atoms with van der Waals surface area (Å²) in [6.45, 7) is 1.00. The molecule has 4 nitrogen and oxygen atoms in total. The van der Waals surface area contributed by atoms with Crippen molar-refractivity contribution in [2.24, 2.45) is 0 Å². The minimum absolute atomic E-state index is 0.148. The summed E-state index contributed by atoms with van der Waals surface area (Å²) in [6, 6.07) is 6.44. The van der Waals surface area contributed by atoms with E-state index in [0.29, 0.717) is 13.1 Å². The smallest absolute Gasteiger partial charge is 0.244 e. The van der Waals surface area contributed by atoms with E-state index in [0.717, 1.165) is 0 Å². The van der Waals surface area contributed by atoms with Gasteiger partial charge in [-0.05, 0) is 19.2 Å². The molecule has 1 N–H and O–H groups in total. The van der Waals surface area contributed by atoms with Gasteiger partial charge in [0.15, 0.2) is 0 Å². The van der Waals surface area contributed by atoms with Gasteiger partial charge in [0.25, 0.3) is 0 Å². The maximum atomic E-state index is 12.1. The lowest BCUT2D eigenvalue weighted by Gasteiger charge is -2.17. The van der Waals surface area contributed by atoms with Crippen molar-refractivity contribution >= 4 is 21.6 Å². The van der Waals surface area contributed by atoms with Crippen molar-refractivity contribution < 1.29 is 8.42 Å². The second kappa shape index (κ2) is 5.63. The Bertz CT molecular complexity index is 448. The first-order valence-electron chi connectivity index (χ1n) is 4.85. The van der Waals surface area contributed by atoms with E-state index in [4.69, 9.17) is 11.6 Å². The van der Waals surface area contributed by atoms with E-state index in [9.17, 15) is 8.42 Å². The molecule has 0 bridgehead atoms. The maximum absolute atomic E-state index is 12.1. The molecule has 0 aliphatic carbocycles. The van der Waals surface area contributed by atoms with Crippen LogP contribution < -0.4 is 5.32 Å². The summed E-state index contributed by atoms with van der Waals surface area (Å²) in [5, 5.41) is 3.15. The van der Waals surface area contributed by atoms with Crippen molar-refractivity contribution in [1.82, 2.24) is 9.62 Å². The van der Waals surface area contributed by atoms with Crippen molar-refractivity contribution in [2.75, 3.05) is 27.2 Å². The number of likely N-dealkylation sites (N-methyl/N-ethyl adjacent to an activating group) is 2. The Balaban J connectivity index is 2.98. The fourth-order valence-electron chi connectivity index (χ4n) is 1.21. The average Bonchev–Trinajstić information content (AvgIpc) is 2.26. The van der Waals surface area contributed by atoms with Gasteiger partial charge in [-0.1, -0.05) is 23.7 Å². The van der Waals surface area contributed by atoms with E-state index in [1.54, 1.807) is 25.2 Å². The molecule has 0 aliphatic heterocycles. The molecule has 0 amide bonds. The lowest BCUT2D eigenvalue weighted by Crippen LogP contribution is -2.32. The van der Waals surface area contributed by atoms with E-state index < -0.39 is 10.0 Å². The Hall–Kier alpha value is -0.620. The largest absolute Gasteiger partial charge is 0.318 e. The van der Waals surface area contributed by atoms with Crippen LogP contribution in [-0.2, 0) is 10.0 Å². The number of nitrogens with zero attached hydrogens (tertiary/aromatic N) is 1. The van der Waals surface area contributed by atoms with Crippen LogP contribution in [0, 0.1) is 0 Å². The molecular formula is C10H15ClN2O2S. The molecule has 1 aromatic carbocycles. The Morgan fingerprint density at radius 2 is 2.00 bits per heavy atom. The van der Waals surface area contributed by atoms with Crippen LogP contribution in [0.3, 0.4) is 0 Å². The zero-order valence-corrected chi connectivity index (χ0v) is 10.8. The number of nitrogens with one attached hydrogen (secondary N) is 1. The highest BCUT2D eigenvalue weighted by molar-refractivity contribution is 7.89. The first-order chi connectivity index (χ1) is 7.50. The van der Waals surface area contributed by atoms with Crippen molar-refractivity contribution in [3.8, 4) is 0 Å². The minimum atomic E-state index is -3.48. The first kappa shape index (κ1) is 13.4. The van der Waals surface area contributed by atoms with Crippen LogP contribution in [0.15, 0.2) is 29.2 Å². The van der Waals surface area contributed by atoms with Crippen LogP contribution in [0.25, 0.3) is 0 Å². The van der Waals surface area contributed by atoms with E-state index in [1.165, 1.54) is 17.4 Å². The fourth-order valence-corrected chi connectivity index (χ4v) is 2.87. The van der Waals surface area contributed by atoms with Crippen molar-refractivity contribution in [3.63, 3.8) is 0 Å². The van der Waals surface area contributed by atoms with E-state index in [2.05, 4.69) is 5.32 Å². The number of benzene rings is 1. The van der Waals surface area contributed by atoms with E-state index in [-0.39, 0.29) is 9.92 Å². The number of halogens is 1. The standard InChI is InChI=1S/C10H15ClN2O2S/c1-12-7-8-13(2)16(14,15)10-6-4-3-5-9(10)11/h3-6,12H,7-8H2,1-2H3. The molecule has 0 unspecified atom stereocenters. The van der Waals surface area contributed by atoms with Gasteiger partial charge in [0.1, 0.15) is 4.90 Å². The summed E-state index contributed by atoms with van der Waals surface area (Å²) >= 11 is 5.87. The zero-order valence-electron chi connectivity index (χ0n) is 9.27. The SMILES string of the molecule is CNCCN(C)S(=O)(=O)c1ccccc1Cl. The number of sulfonamides is 1. The third-order valence-corrected chi connectivity index (χ3v) is 4.56. The highest BCUT2D eigenvalue weighted by Gasteiger charge is 2.22. The number of rotatable bonds is 5. The summed E-state index contributed by atoms with van der Waals surface area (Å²) < 4.78 is 25.4. The molecule has 1 rings (SSSR count). The molecule has 1 aromatic rings. The van der Waals surface area contributed by atoms with Crippen LogP contribution in [0.1, 0.15) is 0 Å². The van der Waals surface area contributed by atoms with Gasteiger partial charge >= 0.3 is 0 Å². The van der Waals surface area contributed by atoms with Crippen LogP contribution in [0.2, 0.25) is 5.02 Å². The Labute approximate surface area is 101 Å². The summed E-state index contributed by atoms with van der Waals surface area (Å²) in [5.74, 6) is 0. The predicted octanol–water partition coefficient (Wildman–Crippen LogP) is 1.18. The van der Waals surface area contributed by atoms with Gasteiger partial charge in [-0.3, -0.25) is 0 Å². The van der Waals surface area contributed by atoms with E-state index >= 15 is 0 Å². The Kier molecular flexibility index (Phi) is 4.73. The van der Waals surface area contributed by atoms with Gasteiger partial charge in [-0.2, -0.15) is 4.31 Å². The van der Waals surface area contributed by atoms with Crippen molar-refractivity contribution in [1.29, 1.82) is 0 Å². The highest BCUT2D eigenvalue weighted by Crippen LogP contribution is 2.22. The van der Waals surface area contributed by atoms with Crippen molar-refractivity contribution in [2.45, 2.75) is 4.90 Å². The van der Waals surface area contributed by atoms with Crippen LogP contribution in [0.5, 0.6) is 0 Å². The number of hydrogen-bond acceptors (Lipinski definition) is 3. The molecule has 0 saturated heterocycles. The molecule has 0 spiro atoms. The topological polar surface area (TPSA) is 49.4 Å². The van der Waals surface area contributed by atoms with Crippen LogP contribution >= 0.6 is 11.6 Å². The van der Waals surface area contributed by atoms with Gasteiger partial charge in [0, 0.05) is 20.1 Å². The quantitative estimate of drug-likeness (QED) is 0.867. The van der Waals surface area contributed by atoms with Gasteiger partial charge in [-0.25, -0.2) is 8.42 Å². The predicted molar refractivity (Wildman–Crippen MR) is 65.2 cm³/mol. The molecule has 0 radical (unpaired) electrons. The van der Waals surface area contributed by atoms with Gasteiger partial charge < -0.3 is 5.32 Å². The molecular weight excluding hydrogens is 248 g/mol. The first-order valence-corrected chi connectivity index (χ1v) is 6.67. The summed E-state index contributed by atoms with van der Waals surface area (Å²) in [7, 11) is -0.169. The molecule has 0 atom stereocenters. The molecule has 16 heavy (non-hydrogen) atoms. The molecule has 0 aliphatic rings. The zero-order chi connectivity index (χ0) is 12.2. The lowest BCUT2D eigenvalue weighted by atomic mass is 10.4. The second-order valence-corrected chi connectivity index (χ2v) is 5.78. The third-order valence-electron chi connectivity index (χ3n) is 2.20. The Morgan fingerprint density at radius 3 is 2.56 bits per heavy atom. The van der Waals surface area contributed by atoms with Crippen LogP contribution in [0.4, 0.5) is 0 Å². The van der Waals surface area contributed by atoms with Gasteiger partial charge in [0.2, 0.25) is 10.0 Å². The summed E-state index contributed by atoms with van der Waals surface area (Å²) in [5.41, 5.74) is 0. The maximum Gasteiger partial charge on any atom is 0.244 e. The normalized spacial score (nSPS) is 12.0. The Morgan fingerprint density at radius 1 is 1.38 bits per heavy atom. The fraction of sp³-hybridized carbons (Fsp3) is 0.400. The molecule has 90 valence electrons. The molecule has 0 saturated carbocycles. The van der Waals surface area contributed by atoms with Gasteiger partial charge in [0.05, 0.1) is 5.02 Å². The highest BCUT2D eigenvalue weighted by atomic mass is 35.5. The molecule has 0 aromatic heterocycles. The van der Waals surface area contributed by atoms with Crippen LogP contribution in [-0.4, -0.2) is 39.9 Å². The molecule has 6 heteroatoms. The summed E-state index contributed by atoms with van der Waals surface area (Å²) in [6.07, 6.45) is 0. The second-order valence-electron chi connectivity index (χ2n) is 3.36. The van der Waals surface area contributed by atoms with Crippen molar-refractivity contribution in [3.05, 3.63) is 29.3 Å². The monoisotopic (exact) mass is 262 g/mol. The minimum Gasteiger partial charge on any atom is -0.318 e. The molecule has 0 heterocycles. The average molecular weight is 263 g/mol. The molecule has 0 fully saturated rings.